The second-order valence-corrected chi connectivity index (χ2v) is 13.4. The second kappa shape index (κ2) is 15.8. The fraction of sp³-hybridized carbons (Fsp3) is 0.556. The van der Waals surface area contributed by atoms with E-state index >= 15 is 0 Å². The number of likely N-dealkylation sites (tertiary alicyclic amines) is 3. The maximum absolute atomic E-state index is 14.0. The molecule has 4 aliphatic heterocycles. The third-order valence-corrected chi connectivity index (χ3v) is 10.4. The number of methoxy groups -OCH3 is 2. The molecule has 0 aliphatic carbocycles. The molecule has 6 rings (SSSR count). The van der Waals surface area contributed by atoms with Crippen molar-refractivity contribution >= 4 is 35.3 Å². The number of amides is 6. The highest BCUT2D eigenvalue weighted by molar-refractivity contribution is 5.97. The van der Waals surface area contributed by atoms with Crippen LogP contribution in [0.3, 0.4) is 0 Å². The van der Waals surface area contributed by atoms with E-state index in [1.54, 1.807) is 28.0 Å². The van der Waals surface area contributed by atoms with E-state index in [1.807, 2.05) is 29.2 Å². The van der Waals surface area contributed by atoms with Crippen LogP contribution in [0.15, 0.2) is 42.5 Å². The SMILES string of the molecule is COc1ccc(OC)c(NC(=O)N[C@@H](CC(=O)N2CCC(N3Cc4ccccc4NC3=O)CC2)C(=O)N2CCC(N3CCCCC3)CC2)c1. The monoisotopic (exact) mass is 675 g/mol. The summed E-state index contributed by atoms with van der Waals surface area (Å²) in [5.41, 5.74) is 2.28. The first-order valence-electron chi connectivity index (χ1n) is 17.6. The molecule has 0 bridgehead atoms. The minimum absolute atomic E-state index is 0.00205. The number of carbonyl (C=O) groups excluding carboxylic acids is 4. The van der Waals surface area contributed by atoms with Gasteiger partial charge in [0.05, 0.1) is 26.3 Å². The average Bonchev–Trinajstić information content (AvgIpc) is 3.14. The molecule has 0 radical (unpaired) electrons. The molecular formula is C36H49N7O6. The van der Waals surface area contributed by atoms with Gasteiger partial charge in [0.1, 0.15) is 17.5 Å². The number of urea groups is 2. The fourth-order valence-corrected chi connectivity index (χ4v) is 7.63. The number of ether oxygens (including phenoxy) is 2. The molecule has 1 atom stereocenters. The summed E-state index contributed by atoms with van der Waals surface area (Å²) in [4.78, 5) is 61.9. The van der Waals surface area contributed by atoms with Crippen LogP contribution in [0.5, 0.6) is 11.5 Å². The van der Waals surface area contributed by atoms with Crippen LogP contribution in [0, 0.1) is 0 Å². The van der Waals surface area contributed by atoms with Gasteiger partial charge in [-0.1, -0.05) is 24.6 Å². The van der Waals surface area contributed by atoms with Gasteiger partial charge < -0.3 is 45.0 Å². The molecule has 4 heterocycles. The number of hydrogen-bond donors (Lipinski definition) is 3. The number of nitrogens with zero attached hydrogens (tertiary/aromatic N) is 4. The van der Waals surface area contributed by atoms with Gasteiger partial charge in [0.25, 0.3) is 0 Å². The van der Waals surface area contributed by atoms with Crippen molar-refractivity contribution in [1.82, 2.24) is 24.9 Å². The number of anilines is 2. The smallest absolute Gasteiger partial charge is 0.322 e. The standard InChI is InChI=1S/C36H49N7O6/c1-48-28-10-11-32(49-2)30(22-28)37-35(46)38-31(34(45)42-20-12-26(13-21-42)40-16-6-3-7-17-40)23-33(44)41-18-14-27(15-19-41)43-24-25-8-4-5-9-29(25)39-36(43)47/h4-5,8-11,22,26-27,31H,3,6-7,12-21,23-24H2,1-2H3,(H,39,47)(H2,37,38,46)/t31-/m0/s1. The molecule has 3 fully saturated rings. The zero-order valence-electron chi connectivity index (χ0n) is 28.6. The summed E-state index contributed by atoms with van der Waals surface area (Å²) in [6, 6.07) is 11.5. The Balaban J connectivity index is 1.09. The van der Waals surface area contributed by atoms with E-state index < -0.39 is 12.1 Å². The maximum atomic E-state index is 14.0. The van der Waals surface area contributed by atoms with E-state index in [4.69, 9.17) is 9.47 Å². The molecule has 0 aromatic heterocycles. The van der Waals surface area contributed by atoms with Crippen molar-refractivity contribution in [3.63, 3.8) is 0 Å². The van der Waals surface area contributed by atoms with Crippen LogP contribution >= 0.6 is 0 Å². The molecule has 6 amide bonds. The van der Waals surface area contributed by atoms with Gasteiger partial charge in [-0.25, -0.2) is 9.59 Å². The Labute approximate surface area is 288 Å². The Morgan fingerprint density at radius 2 is 1.55 bits per heavy atom. The quantitative estimate of drug-likeness (QED) is 0.364. The number of fused-ring (bicyclic) bond motifs is 1. The van der Waals surface area contributed by atoms with Crippen LogP contribution in [0.1, 0.15) is 56.9 Å². The van der Waals surface area contributed by atoms with Crippen LogP contribution < -0.4 is 25.4 Å². The summed E-state index contributed by atoms with van der Waals surface area (Å²) in [6.07, 6.45) is 6.58. The van der Waals surface area contributed by atoms with E-state index in [9.17, 15) is 19.2 Å². The van der Waals surface area contributed by atoms with E-state index in [1.165, 1.54) is 33.5 Å². The normalized spacial score (nSPS) is 19.8. The molecule has 0 spiro atoms. The van der Waals surface area contributed by atoms with Crippen LogP contribution in [0.4, 0.5) is 21.0 Å². The minimum Gasteiger partial charge on any atom is -0.497 e. The molecule has 3 N–H and O–H groups in total. The van der Waals surface area contributed by atoms with Crippen LogP contribution in [0.25, 0.3) is 0 Å². The molecule has 4 aliphatic rings. The van der Waals surface area contributed by atoms with Gasteiger partial charge in [0.15, 0.2) is 0 Å². The van der Waals surface area contributed by atoms with E-state index in [2.05, 4.69) is 20.9 Å². The Hall–Kier alpha value is -4.52. The number of hydrogen-bond acceptors (Lipinski definition) is 7. The van der Waals surface area contributed by atoms with Crippen molar-refractivity contribution in [2.24, 2.45) is 0 Å². The topological polar surface area (TPSA) is 136 Å². The highest BCUT2D eigenvalue weighted by Crippen LogP contribution is 2.30. The molecule has 13 heteroatoms. The predicted molar refractivity (Wildman–Crippen MR) is 186 cm³/mol. The van der Waals surface area contributed by atoms with Gasteiger partial charge in [0.2, 0.25) is 11.8 Å². The highest BCUT2D eigenvalue weighted by Gasteiger charge is 2.36. The van der Waals surface area contributed by atoms with Crippen molar-refractivity contribution in [2.75, 3.05) is 64.1 Å². The highest BCUT2D eigenvalue weighted by atomic mass is 16.5. The summed E-state index contributed by atoms with van der Waals surface area (Å²) >= 11 is 0. The summed E-state index contributed by atoms with van der Waals surface area (Å²) in [5, 5.41) is 8.58. The van der Waals surface area contributed by atoms with E-state index in [0.29, 0.717) is 68.8 Å². The van der Waals surface area contributed by atoms with Crippen LogP contribution in [-0.4, -0.2) is 115 Å². The second-order valence-electron chi connectivity index (χ2n) is 13.4. The maximum Gasteiger partial charge on any atom is 0.322 e. The summed E-state index contributed by atoms with van der Waals surface area (Å²) < 4.78 is 10.7. The van der Waals surface area contributed by atoms with Gasteiger partial charge in [-0.2, -0.15) is 0 Å². The number of benzene rings is 2. The van der Waals surface area contributed by atoms with E-state index in [0.717, 1.165) is 37.2 Å². The van der Waals surface area contributed by atoms with E-state index in [-0.39, 0.29) is 30.3 Å². The molecule has 2 aromatic rings. The molecule has 264 valence electrons. The molecule has 0 saturated carbocycles. The summed E-state index contributed by atoms with van der Waals surface area (Å²) in [7, 11) is 3.03. The van der Waals surface area contributed by atoms with Crippen molar-refractivity contribution < 1.29 is 28.7 Å². The van der Waals surface area contributed by atoms with Crippen molar-refractivity contribution in [1.29, 1.82) is 0 Å². The first kappa shape index (κ1) is 34.3. The van der Waals surface area contributed by atoms with Gasteiger partial charge in [0, 0.05) is 56.6 Å². The Morgan fingerprint density at radius 3 is 2.27 bits per heavy atom. The molecule has 3 saturated heterocycles. The molecule has 2 aromatic carbocycles. The minimum atomic E-state index is -1.04. The number of piperidine rings is 3. The summed E-state index contributed by atoms with van der Waals surface area (Å²) in [5.74, 6) is 0.512. The molecular weight excluding hydrogens is 626 g/mol. The lowest BCUT2D eigenvalue weighted by atomic mass is 9.98. The number of para-hydroxylation sites is 1. The zero-order valence-corrected chi connectivity index (χ0v) is 28.6. The lowest BCUT2D eigenvalue weighted by Crippen LogP contribution is -2.56. The lowest BCUT2D eigenvalue weighted by Gasteiger charge is -2.41. The van der Waals surface area contributed by atoms with Gasteiger partial charge >= 0.3 is 12.1 Å². The largest absolute Gasteiger partial charge is 0.497 e. The van der Waals surface area contributed by atoms with Crippen molar-refractivity contribution in [3.05, 3.63) is 48.0 Å². The Morgan fingerprint density at radius 1 is 0.857 bits per heavy atom. The average molecular weight is 676 g/mol. The third-order valence-electron chi connectivity index (χ3n) is 10.4. The predicted octanol–water partition coefficient (Wildman–Crippen LogP) is 4.10. The van der Waals surface area contributed by atoms with Crippen LogP contribution in [-0.2, 0) is 16.1 Å². The lowest BCUT2D eigenvalue weighted by molar-refractivity contribution is -0.140. The van der Waals surface area contributed by atoms with Crippen LogP contribution in [0.2, 0.25) is 0 Å². The van der Waals surface area contributed by atoms with Gasteiger partial charge in [-0.15, -0.1) is 0 Å². The number of rotatable bonds is 9. The number of nitrogens with one attached hydrogen (secondary N) is 3. The number of carbonyl (C=O) groups is 4. The first-order valence-corrected chi connectivity index (χ1v) is 17.6. The third kappa shape index (κ3) is 8.21. The summed E-state index contributed by atoms with van der Waals surface area (Å²) in [6.45, 7) is 4.85. The van der Waals surface area contributed by atoms with Gasteiger partial charge in [-0.05, 0) is 75.4 Å². The molecule has 0 unspecified atom stereocenters. The van der Waals surface area contributed by atoms with Gasteiger partial charge in [-0.3, -0.25) is 9.59 Å². The Kier molecular flexibility index (Phi) is 11.1. The molecule has 49 heavy (non-hydrogen) atoms. The molecule has 13 nitrogen and oxygen atoms in total. The van der Waals surface area contributed by atoms with Crippen molar-refractivity contribution in [2.45, 2.75) is 76.0 Å². The Bertz CT molecular complexity index is 1500. The first-order chi connectivity index (χ1) is 23.8. The zero-order chi connectivity index (χ0) is 34.3. The fourth-order valence-electron chi connectivity index (χ4n) is 7.63. The van der Waals surface area contributed by atoms with Crippen molar-refractivity contribution in [3.8, 4) is 11.5 Å².